The van der Waals surface area contributed by atoms with Crippen LogP contribution in [0.4, 0.5) is 0 Å². The predicted octanol–water partition coefficient (Wildman–Crippen LogP) is 2.97. The van der Waals surface area contributed by atoms with Gasteiger partial charge in [0.15, 0.2) is 0 Å². The maximum atomic E-state index is 6.14. The zero-order valence-electron chi connectivity index (χ0n) is 9.40. The minimum Gasteiger partial charge on any atom is -0.322 e. The second-order valence-electron chi connectivity index (χ2n) is 3.90. The average molecular weight is 270 g/mol. The Balaban J connectivity index is 2.23. The molecule has 0 bridgehead atoms. The molecular weight excluding hydrogens is 257 g/mol. The summed E-state index contributed by atoms with van der Waals surface area (Å²) in [4.78, 5) is 0. The first-order chi connectivity index (χ1) is 8.09. The summed E-state index contributed by atoms with van der Waals surface area (Å²) >= 11 is 12.1. The zero-order valence-corrected chi connectivity index (χ0v) is 10.9. The van der Waals surface area contributed by atoms with Gasteiger partial charge in [0.1, 0.15) is 0 Å². The van der Waals surface area contributed by atoms with Gasteiger partial charge in [0.25, 0.3) is 0 Å². The standard InChI is InChI=1S/C12H13Cl2N3/c1-17-12(10(14)7-16-17)11(15)6-8-4-2-3-5-9(8)13/h2-5,7,11H,6,15H2,1H3. The topological polar surface area (TPSA) is 43.8 Å². The van der Waals surface area contributed by atoms with Gasteiger partial charge in [0.2, 0.25) is 0 Å². The van der Waals surface area contributed by atoms with Crippen LogP contribution < -0.4 is 5.73 Å². The van der Waals surface area contributed by atoms with E-state index in [2.05, 4.69) is 5.10 Å². The highest BCUT2D eigenvalue weighted by Gasteiger charge is 2.16. The number of nitrogens with zero attached hydrogens (tertiary/aromatic N) is 2. The zero-order chi connectivity index (χ0) is 12.4. The molecule has 0 amide bonds. The Morgan fingerprint density at radius 3 is 2.59 bits per heavy atom. The van der Waals surface area contributed by atoms with Crippen molar-refractivity contribution in [3.8, 4) is 0 Å². The second kappa shape index (κ2) is 5.08. The first kappa shape index (κ1) is 12.4. The fourth-order valence-corrected chi connectivity index (χ4v) is 2.35. The number of halogens is 2. The smallest absolute Gasteiger partial charge is 0.0834 e. The number of hydrogen-bond acceptors (Lipinski definition) is 2. The number of hydrogen-bond donors (Lipinski definition) is 1. The van der Waals surface area contributed by atoms with Crippen LogP contribution in [-0.4, -0.2) is 9.78 Å². The van der Waals surface area contributed by atoms with E-state index in [1.807, 2.05) is 31.3 Å². The van der Waals surface area contributed by atoms with Gasteiger partial charge in [-0.3, -0.25) is 4.68 Å². The lowest BCUT2D eigenvalue weighted by molar-refractivity contribution is 0.617. The molecule has 0 fully saturated rings. The molecule has 90 valence electrons. The lowest BCUT2D eigenvalue weighted by Crippen LogP contribution is -2.17. The highest BCUT2D eigenvalue weighted by molar-refractivity contribution is 6.31. The Kier molecular flexibility index (Phi) is 3.72. The number of benzene rings is 1. The predicted molar refractivity (Wildman–Crippen MR) is 70.3 cm³/mol. The lowest BCUT2D eigenvalue weighted by atomic mass is 10.0. The molecule has 0 aliphatic heterocycles. The third-order valence-electron chi connectivity index (χ3n) is 2.69. The van der Waals surface area contributed by atoms with Crippen molar-refractivity contribution in [2.75, 3.05) is 0 Å². The third kappa shape index (κ3) is 2.63. The van der Waals surface area contributed by atoms with Gasteiger partial charge >= 0.3 is 0 Å². The van der Waals surface area contributed by atoms with Gasteiger partial charge in [-0.05, 0) is 18.1 Å². The number of rotatable bonds is 3. The van der Waals surface area contributed by atoms with Gasteiger partial charge in [-0.2, -0.15) is 5.10 Å². The summed E-state index contributed by atoms with van der Waals surface area (Å²) in [6.45, 7) is 0. The fraction of sp³-hybridized carbons (Fsp3) is 0.250. The maximum absolute atomic E-state index is 6.14. The number of nitrogens with two attached hydrogens (primary N) is 1. The molecule has 0 saturated heterocycles. The van der Waals surface area contributed by atoms with Crippen molar-refractivity contribution < 1.29 is 0 Å². The summed E-state index contributed by atoms with van der Waals surface area (Å²) in [5.74, 6) is 0. The molecule has 1 atom stereocenters. The quantitative estimate of drug-likeness (QED) is 0.931. The van der Waals surface area contributed by atoms with Crippen molar-refractivity contribution in [2.24, 2.45) is 12.8 Å². The van der Waals surface area contributed by atoms with Crippen LogP contribution in [-0.2, 0) is 13.5 Å². The van der Waals surface area contributed by atoms with E-state index in [9.17, 15) is 0 Å². The van der Waals surface area contributed by atoms with Gasteiger partial charge in [-0.15, -0.1) is 0 Å². The first-order valence-corrected chi connectivity index (χ1v) is 6.01. The van der Waals surface area contributed by atoms with Crippen LogP contribution in [0, 0.1) is 0 Å². The minimum absolute atomic E-state index is 0.213. The largest absolute Gasteiger partial charge is 0.322 e. The van der Waals surface area contributed by atoms with Crippen molar-refractivity contribution in [1.29, 1.82) is 0 Å². The number of aromatic nitrogens is 2. The molecule has 0 radical (unpaired) electrons. The van der Waals surface area contributed by atoms with Crippen LogP contribution in [0.25, 0.3) is 0 Å². The van der Waals surface area contributed by atoms with Gasteiger partial charge in [-0.25, -0.2) is 0 Å². The van der Waals surface area contributed by atoms with Crippen LogP contribution in [0.2, 0.25) is 10.0 Å². The molecule has 17 heavy (non-hydrogen) atoms. The minimum atomic E-state index is -0.213. The molecule has 1 aromatic carbocycles. The molecular formula is C12H13Cl2N3. The molecule has 0 spiro atoms. The normalized spacial score (nSPS) is 12.7. The lowest BCUT2D eigenvalue weighted by Gasteiger charge is -2.13. The molecule has 5 heteroatoms. The van der Waals surface area contributed by atoms with E-state index < -0.39 is 0 Å². The molecule has 2 rings (SSSR count). The second-order valence-corrected chi connectivity index (χ2v) is 4.72. The van der Waals surface area contributed by atoms with E-state index in [4.69, 9.17) is 28.9 Å². The van der Waals surface area contributed by atoms with Crippen LogP contribution in [0.15, 0.2) is 30.5 Å². The van der Waals surface area contributed by atoms with Crippen molar-refractivity contribution in [3.63, 3.8) is 0 Å². The summed E-state index contributed by atoms with van der Waals surface area (Å²) in [6, 6.07) is 7.45. The molecule has 0 aliphatic rings. The Morgan fingerprint density at radius 1 is 1.29 bits per heavy atom. The van der Waals surface area contributed by atoms with Gasteiger partial charge in [0, 0.05) is 12.1 Å². The molecule has 0 aliphatic carbocycles. The summed E-state index contributed by atoms with van der Waals surface area (Å²) < 4.78 is 1.70. The van der Waals surface area contributed by atoms with Crippen LogP contribution in [0.1, 0.15) is 17.3 Å². The van der Waals surface area contributed by atoms with E-state index in [1.165, 1.54) is 0 Å². The summed E-state index contributed by atoms with van der Waals surface area (Å²) in [5, 5.41) is 5.39. The molecule has 0 saturated carbocycles. The summed E-state index contributed by atoms with van der Waals surface area (Å²) in [5.41, 5.74) is 7.98. The van der Waals surface area contributed by atoms with E-state index in [0.29, 0.717) is 11.4 Å². The highest BCUT2D eigenvalue weighted by Crippen LogP contribution is 2.25. The monoisotopic (exact) mass is 269 g/mol. The first-order valence-electron chi connectivity index (χ1n) is 5.26. The molecule has 1 aromatic heterocycles. The molecule has 1 unspecified atom stereocenters. The average Bonchev–Trinajstić information content (AvgIpc) is 2.62. The van der Waals surface area contributed by atoms with Crippen LogP contribution >= 0.6 is 23.2 Å². The Bertz CT molecular complexity index is 503. The van der Waals surface area contributed by atoms with Gasteiger partial charge in [0.05, 0.1) is 23.0 Å². The fourth-order valence-electron chi connectivity index (χ4n) is 1.83. The highest BCUT2D eigenvalue weighted by atomic mass is 35.5. The molecule has 2 N–H and O–H groups in total. The van der Waals surface area contributed by atoms with E-state index >= 15 is 0 Å². The van der Waals surface area contributed by atoms with E-state index in [-0.39, 0.29) is 6.04 Å². The Labute approximate surface area is 110 Å². The summed E-state index contributed by atoms with van der Waals surface area (Å²) in [7, 11) is 1.83. The summed E-state index contributed by atoms with van der Waals surface area (Å²) in [6.07, 6.45) is 2.24. The van der Waals surface area contributed by atoms with Crippen molar-refractivity contribution in [2.45, 2.75) is 12.5 Å². The van der Waals surface area contributed by atoms with Gasteiger partial charge < -0.3 is 5.73 Å². The van der Waals surface area contributed by atoms with Crippen molar-refractivity contribution in [1.82, 2.24) is 9.78 Å². The van der Waals surface area contributed by atoms with Gasteiger partial charge in [-0.1, -0.05) is 41.4 Å². The maximum Gasteiger partial charge on any atom is 0.0834 e. The Hall–Kier alpha value is -1.03. The number of aryl methyl sites for hydroxylation is 1. The molecule has 1 heterocycles. The SMILES string of the molecule is Cn1ncc(Cl)c1C(N)Cc1ccccc1Cl. The van der Waals surface area contributed by atoms with E-state index in [1.54, 1.807) is 10.9 Å². The third-order valence-corrected chi connectivity index (χ3v) is 3.35. The molecule has 2 aromatic rings. The van der Waals surface area contributed by atoms with Crippen molar-refractivity contribution >= 4 is 23.2 Å². The van der Waals surface area contributed by atoms with Crippen molar-refractivity contribution in [3.05, 3.63) is 51.8 Å². The van der Waals surface area contributed by atoms with E-state index in [0.717, 1.165) is 16.3 Å². The van der Waals surface area contributed by atoms with Crippen LogP contribution in [0.3, 0.4) is 0 Å². The Morgan fingerprint density at radius 2 is 2.00 bits per heavy atom. The molecule has 3 nitrogen and oxygen atoms in total. The van der Waals surface area contributed by atoms with Crippen LogP contribution in [0.5, 0.6) is 0 Å².